The van der Waals surface area contributed by atoms with Crippen LogP contribution in [0.5, 0.6) is 0 Å². The molecule has 0 atom stereocenters. The van der Waals surface area contributed by atoms with Gasteiger partial charge in [0.1, 0.15) is 11.5 Å². The van der Waals surface area contributed by atoms with Gasteiger partial charge in [-0.15, -0.1) is 0 Å². The summed E-state index contributed by atoms with van der Waals surface area (Å²) in [6.45, 7) is 7.34. The van der Waals surface area contributed by atoms with Gasteiger partial charge in [0.2, 0.25) is 5.95 Å². The van der Waals surface area contributed by atoms with Crippen molar-refractivity contribution in [2.45, 2.75) is 19.8 Å². The van der Waals surface area contributed by atoms with Gasteiger partial charge in [-0.2, -0.15) is 5.10 Å². The zero-order valence-corrected chi connectivity index (χ0v) is 18.0. The van der Waals surface area contributed by atoms with Crippen molar-refractivity contribution in [3.8, 4) is 11.3 Å². The van der Waals surface area contributed by atoms with Gasteiger partial charge in [0.05, 0.1) is 43.0 Å². The number of anilines is 3. The summed E-state index contributed by atoms with van der Waals surface area (Å²) in [5, 5.41) is 7.44. The van der Waals surface area contributed by atoms with E-state index in [0.717, 1.165) is 43.1 Å². The van der Waals surface area contributed by atoms with Gasteiger partial charge < -0.3 is 15.0 Å². The number of rotatable bonds is 5. The topological polar surface area (TPSA) is 80.5 Å². The normalized spacial score (nSPS) is 14.3. The highest BCUT2D eigenvalue weighted by Gasteiger charge is 2.15. The third kappa shape index (κ3) is 3.99. The van der Waals surface area contributed by atoms with Crippen LogP contribution in [0.25, 0.3) is 16.8 Å². The fourth-order valence-corrected chi connectivity index (χ4v) is 3.80. The van der Waals surface area contributed by atoms with Crippen molar-refractivity contribution in [3.05, 3.63) is 60.4 Å². The average Bonchev–Trinajstić information content (AvgIpc) is 3.25. The zero-order chi connectivity index (χ0) is 22.1. The molecule has 32 heavy (non-hydrogen) atoms. The molecule has 1 fully saturated rings. The highest BCUT2D eigenvalue weighted by Crippen LogP contribution is 2.27. The number of morpholine rings is 1. The first kappa shape index (κ1) is 20.3. The standard InChI is InChI=1S/C23H24FN7O/c1-15(2)18-13-27-31-6-5-16(11-20(18)31)22-19(24)14-26-23(29-22)28-21-4-3-17(12-25-21)30-7-9-32-10-8-30/h3-6,11-15H,7-10H2,1-2H3,(H,25,26,28,29). The van der Waals surface area contributed by atoms with Crippen LogP contribution in [0.15, 0.2) is 49.1 Å². The number of nitrogens with one attached hydrogen (secondary N) is 1. The Kier molecular flexibility index (Phi) is 5.40. The first-order valence-electron chi connectivity index (χ1n) is 10.6. The van der Waals surface area contributed by atoms with Crippen molar-refractivity contribution >= 4 is 23.0 Å². The number of fused-ring (bicyclic) bond motifs is 1. The molecule has 0 saturated carbocycles. The summed E-state index contributed by atoms with van der Waals surface area (Å²) in [6.07, 6.45) is 6.65. The molecule has 4 aromatic rings. The van der Waals surface area contributed by atoms with E-state index in [-0.39, 0.29) is 11.6 Å². The number of pyridine rings is 2. The van der Waals surface area contributed by atoms with E-state index < -0.39 is 5.82 Å². The second-order valence-corrected chi connectivity index (χ2v) is 8.02. The third-order valence-corrected chi connectivity index (χ3v) is 5.55. The maximum atomic E-state index is 14.6. The van der Waals surface area contributed by atoms with Crippen LogP contribution in [-0.2, 0) is 4.74 Å². The van der Waals surface area contributed by atoms with Gasteiger partial charge in [-0.3, -0.25) is 0 Å². The molecule has 5 heterocycles. The molecule has 0 spiro atoms. The molecule has 8 nitrogen and oxygen atoms in total. The van der Waals surface area contributed by atoms with E-state index in [0.29, 0.717) is 17.3 Å². The van der Waals surface area contributed by atoms with Crippen LogP contribution in [0, 0.1) is 5.82 Å². The van der Waals surface area contributed by atoms with E-state index >= 15 is 0 Å². The fraction of sp³-hybridized carbons (Fsp3) is 0.304. The largest absolute Gasteiger partial charge is 0.378 e. The minimum absolute atomic E-state index is 0.228. The predicted molar refractivity (Wildman–Crippen MR) is 121 cm³/mol. The molecule has 1 aliphatic rings. The molecule has 5 rings (SSSR count). The second kappa shape index (κ2) is 8.51. The number of ether oxygens (including phenoxy) is 1. The number of halogens is 1. The fourth-order valence-electron chi connectivity index (χ4n) is 3.80. The lowest BCUT2D eigenvalue weighted by atomic mass is 10.0. The van der Waals surface area contributed by atoms with Crippen molar-refractivity contribution in [2.75, 3.05) is 36.5 Å². The van der Waals surface area contributed by atoms with E-state index in [2.05, 4.69) is 44.1 Å². The minimum atomic E-state index is -0.485. The monoisotopic (exact) mass is 433 g/mol. The van der Waals surface area contributed by atoms with E-state index in [9.17, 15) is 4.39 Å². The maximum Gasteiger partial charge on any atom is 0.229 e. The zero-order valence-electron chi connectivity index (χ0n) is 18.0. The maximum absolute atomic E-state index is 14.6. The molecule has 9 heteroatoms. The SMILES string of the molecule is CC(C)c1cnn2ccc(-c3nc(Nc4ccc(N5CCOCC5)cn4)ncc3F)cc12. The number of hydrogen-bond acceptors (Lipinski definition) is 7. The molecule has 0 amide bonds. The molecule has 1 N–H and O–H groups in total. The summed E-state index contributed by atoms with van der Waals surface area (Å²) < 4.78 is 21.8. The second-order valence-electron chi connectivity index (χ2n) is 8.02. The average molecular weight is 433 g/mol. The molecule has 0 unspecified atom stereocenters. The van der Waals surface area contributed by atoms with Crippen LogP contribution >= 0.6 is 0 Å². The van der Waals surface area contributed by atoms with Crippen molar-refractivity contribution < 1.29 is 9.13 Å². The summed E-state index contributed by atoms with van der Waals surface area (Å²) in [5.74, 6) is 0.696. The molecular weight excluding hydrogens is 409 g/mol. The number of hydrogen-bond donors (Lipinski definition) is 1. The lowest BCUT2D eigenvalue weighted by Crippen LogP contribution is -2.36. The van der Waals surface area contributed by atoms with Crippen molar-refractivity contribution in [2.24, 2.45) is 0 Å². The van der Waals surface area contributed by atoms with Gasteiger partial charge in [-0.1, -0.05) is 13.8 Å². The van der Waals surface area contributed by atoms with Crippen LogP contribution in [0.1, 0.15) is 25.3 Å². The van der Waals surface area contributed by atoms with Crippen molar-refractivity contribution in [1.29, 1.82) is 0 Å². The van der Waals surface area contributed by atoms with Crippen LogP contribution in [0.3, 0.4) is 0 Å². The highest BCUT2D eigenvalue weighted by atomic mass is 19.1. The Balaban J connectivity index is 1.40. The summed E-state index contributed by atoms with van der Waals surface area (Å²) in [6, 6.07) is 7.57. The molecule has 1 aliphatic heterocycles. The summed E-state index contributed by atoms with van der Waals surface area (Å²) in [7, 11) is 0. The van der Waals surface area contributed by atoms with Gasteiger partial charge in [0.15, 0.2) is 5.82 Å². The molecule has 0 aliphatic carbocycles. The highest BCUT2D eigenvalue weighted by molar-refractivity contribution is 5.69. The molecule has 4 aromatic heterocycles. The van der Waals surface area contributed by atoms with Gasteiger partial charge in [0, 0.05) is 30.4 Å². The summed E-state index contributed by atoms with van der Waals surface area (Å²) in [5.41, 5.74) is 3.97. The number of nitrogens with zero attached hydrogens (tertiary/aromatic N) is 6. The molecule has 0 aromatic carbocycles. The Morgan fingerprint density at radius 2 is 1.91 bits per heavy atom. The van der Waals surface area contributed by atoms with Crippen LogP contribution in [0.4, 0.5) is 21.8 Å². The quantitative estimate of drug-likeness (QED) is 0.509. The number of aromatic nitrogens is 5. The Bertz CT molecular complexity index is 1230. The van der Waals surface area contributed by atoms with Gasteiger partial charge in [-0.05, 0) is 30.2 Å². The van der Waals surface area contributed by atoms with Crippen LogP contribution < -0.4 is 10.2 Å². The Labute approximate surface area is 185 Å². The van der Waals surface area contributed by atoms with Gasteiger partial charge in [0.25, 0.3) is 0 Å². The third-order valence-electron chi connectivity index (χ3n) is 5.55. The van der Waals surface area contributed by atoms with Crippen molar-refractivity contribution in [3.63, 3.8) is 0 Å². The van der Waals surface area contributed by atoms with E-state index in [1.807, 2.05) is 30.6 Å². The predicted octanol–water partition coefficient (Wildman–Crippen LogP) is 4.03. The smallest absolute Gasteiger partial charge is 0.229 e. The lowest BCUT2D eigenvalue weighted by Gasteiger charge is -2.28. The Morgan fingerprint density at radius 3 is 2.66 bits per heavy atom. The lowest BCUT2D eigenvalue weighted by molar-refractivity contribution is 0.122. The van der Waals surface area contributed by atoms with Gasteiger partial charge >= 0.3 is 0 Å². The summed E-state index contributed by atoms with van der Waals surface area (Å²) >= 11 is 0. The van der Waals surface area contributed by atoms with Crippen LogP contribution in [-0.4, -0.2) is 50.9 Å². The molecular formula is C23H24FN7O. The van der Waals surface area contributed by atoms with Gasteiger partial charge in [-0.25, -0.2) is 23.9 Å². The first-order valence-corrected chi connectivity index (χ1v) is 10.6. The minimum Gasteiger partial charge on any atom is -0.378 e. The Morgan fingerprint density at radius 1 is 1.06 bits per heavy atom. The molecule has 0 bridgehead atoms. The molecule has 1 saturated heterocycles. The van der Waals surface area contributed by atoms with E-state index in [1.54, 1.807) is 16.8 Å². The first-order chi connectivity index (χ1) is 15.6. The Hall–Kier alpha value is -3.59. The van der Waals surface area contributed by atoms with Crippen molar-refractivity contribution in [1.82, 2.24) is 24.6 Å². The van der Waals surface area contributed by atoms with E-state index in [1.165, 1.54) is 6.20 Å². The van der Waals surface area contributed by atoms with E-state index in [4.69, 9.17) is 4.74 Å². The molecule has 0 radical (unpaired) electrons. The van der Waals surface area contributed by atoms with Crippen LogP contribution in [0.2, 0.25) is 0 Å². The molecule has 164 valence electrons. The summed E-state index contributed by atoms with van der Waals surface area (Å²) in [4.78, 5) is 15.2.